The first-order valence-corrected chi connectivity index (χ1v) is 5.04. The summed E-state index contributed by atoms with van der Waals surface area (Å²) in [4.78, 5) is 10.9. The molecule has 0 N–H and O–H groups in total. The Kier molecular flexibility index (Phi) is 3.77. The van der Waals surface area contributed by atoms with E-state index in [1.807, 2.05) is 6.92 Å². The molecule has 3 heteroatoms. The Hall–Kier alpha value is -0.180. The van der Waals surface area contributed by atoms with Crippen LogP contribution in [0.15, 0.2) is 0 Å². The van der Waals surface area contributed by atoms with E-state index in [1.54, 1.807) is 0 Å². The molecule has 11 heavy (non-hydrogen) atoms. The highest BCUT2D eigenvalue weighted by Gasteiger charge is 2.19. The Balaban J connectivity index is 2.13. The van der Waals surface area contributed by atoms with Crippen molar-refractivity contribution in [3.63, 3.8) is 0 Å². The zero-order valence-corrected chi connectivity index (χ0v) is 7.65. The van der Waals surface area contributed by atoms with Gasteiger partial charge in [-0.2, -0.15) is 0 Å². The van der Waals surface area contributed by atoms with Crippen LogP contribution in [0.1, 0.15) is 32.6 Å². The van der Waals surface area contributed by atoms with Crippen LogP contribution in [0.2, 0.25) is 0 Å². The highest BCUT2D eigenvalue weighted by atomic mass is 32.2. The van der Waals surface area contributed by atoms with Crippen molar-refractivity contribution in [1.82, 2.24) is 0 Å². The van der Waals surface area contributed by atoms with Gasteiger partial charge in [0.15, 0.2) is 0 Å². The van der Waals surface area contributed by atoms with Gasteiger partial charge in [-0.05, 0) is 31.5 Å². The molecule has 0 spiro atoms. The van der Waals surface area contributed by atoms with E-state index in [0.29, 0.717) is 11.9 Å². The van der Waals surface area contributed by atoms with Crippen molar-refractivity contribution < 1.29 is 9.53 Å². The van der Waals surface area contributed by atoms with Gasteiger partial charge in [0.1, 0.15) is 0 Å². The second kappa shape index (κ2) is 4.65. The molecule has 0 aromatic carbocycles. The Morgan fingerprint density at radius 3 is 2.73 bits per heavy atom. The molecule has 1 rings (SSSR count). The number of hydrogen-bond acceptors (Lipinski definition) is 3. The zero-order chi connectivity index (χ0) is 8.10. The van der Waals surface area contributed by atoms with Crippen molar-refractivity contribution >= 4 is 17.1 Å². The number of carbonyl (C=O) groups is 1. The van der Waals surface area contributed by atoms with E-state index < -0.39 is 0 Å². The van der Waals surface area contributed by atoms with Crippen LogP contribution in [0.4, 0.5) is 4.79 Å². The maximum atomic E-state index is 10.9. The molecule has 0 radical (unpaired) electrons. The first kappa shape index (κ1) is 8.91. The van der Waals surface area contributed by atoms with Crippen LogP contribution in [0.3, 0.4) is 0 Å². The molecular weight excluding hydrogens is 160 g/mol. The summed E-state index contributed by atoms with van der Waals surface area (Å²) in [5, 5.41) is 0.438. The predicted octanol–water partition coefficient (Wildman–Crippen LogP) is 2.82. The van der Waals surface area contributed by atoms with Crippen molar-refractivity contribution in [3.05, 3.63) is 0 Å². The van der Waals surface area contributed by atoms with E-state index in [1.165, 1.54) is 37.4 Å². The Labute approximate surface area is 71.7 Å². The third-order valence-electron chi connectivity index (χ3n) is 1.83. The van der Waals surface area contributed by atoms with Crippen LogP contribution in [0, 0.1) is 0 Å². The van der Waals surface area contributed by atoms with Gasteiger partial charge in [0.2, 0.25) is 0 Å². The van der Waals surface area contributed by atoms with Gasteiger partial charge in [-0.3, -0.25) is 0 Å². The molecule has 0 bridgehead atoms. The number of hydrogen-bond donors (Lipinski definition) is 0. The van der Waals surface area contributed by atoms with Gasteiger partial charge >= 0.3 is 5.30 Å². The fourth-order valence-electron chi connectivity index (χ4n) is 1.29. The highest BCUT2D eigenvalue weighted by Crippen LogP contribution is 2.30. The molecule has 1 saturated carbocycles. The molecule has 2 nitrogen and oxygen atoms in total. The summed E-state index contributed by atoms with van der Waals surface area (Å²) < 4.78 is 4.83. The van der Waals surface area contributed by atoms with Crippen LogP contribution < -0.4 is 0 Å². The van der Waals surface area contributed by atoms with E-state index in [0.717, 1.165) is 0 Å². The maximum Gasteiger partial charge on any atom is 0.367 e. The van der Waals surface area contributed by atoms with Crippen LogP contribution in [0.5, 0.6) is 0 Å². The molecule has 0 heterocycles. The lowest BCUT2D eigenvalue weighted by atomic mass is 10.4. The molecule has 0 aromatic rings. The van der Waals surface area contributed by atoms with Crippen molar-refractivity contribution in [3.8, 4) is 0 Å². The monoisotopic (exact) mass is 174 g/mol. The second-order valence-electron chi connectivity index (χ2n) is 2.71. The molecule has 1 aliphatic carbocycles. The third kappa shape index (κ3) is 3.14. The summed E-state index contributed by atoms with van der Waals surface area (Å²) in [6.07, 6.45) is 4.92. The minimum atomic E-state index is -0.0978. The van der Waals surface area contributed by atoms with E-state index in [4.69, 9.17) is 4.74 Å². The largest absolute Gasteiger partial charge is 0.458 e. The molecule has 0 saturated heterocycles. The molecule has 0 unspecified atom stereocenters. The van der Waals surface area contributed by atoms with Crippen molar-refractivity contribution in [2.45, 2.75) is 37.9 Å². The molecule has 0 amide bonds. The lowest BCUT2D eigenvalue weighted by Crippen LogP contribution is -2.03. The van der Waals surface area contributed by atoms with Gasteiger partial charge in [0.25, 0.3) is 0 Å². The van der Waals surface area contributed by atoms with Gasteiger partial charge in [-0.1, -0.05) is 12.8 Å². The van der Waals surface area contributed by atoms with Gasteiger partial charge in [0, 0.05) is 5.25 Å². The highest BCUT2D eigenvalue weighted by molar-refractivity contribution is 8.13. The molecule has 0 atom stereocenters. The molecule has 64 valence electrons. The van der Waals surface area contributed by atoms with Crippen molar-refractivity contribution in [2.75, 3.05) is 6.61 Å². The standard InChI is InChI=1S/C8H14O2S/c1-2-10-8(9)11-7-5-3-4-6-7/h7H,2-6H2,1H3. The summed E-state index contributed by atoms with van der Waals surface area (Å²) >= 11 is 1.37. The minimum absolute atomic E-state index is 0.0978. The Morgan fingerprint density at radius 2 is 2.18 bits per heavy atom. The third-order valence-corrected chi connectivity index (χ3v) is 2.94. The summed E-state index contributed by atoms with van der Waals surface area (Å²) in [6.45, 7) is 2.34. The van der Waals surface area contributed by atoms with E-state index in [-0.39, 0.29) is 5.30 Å². The van der Waals surface area contributed by atoms with Gasteiger partial charge in [0.05, 0.1) is 6.61 Å². The van der Waals surface area contributed by atoms with Crippen molar-refractivity contribution in [2.24, 2.45) is 0 Å². The first-order valence-electron chi connectivity index (χ1n) is 4.16. The van der Waals surface area contributed by atoms with Gasteiger partial charge < -0.3 is 4.74 Å². The summed E-state index contributed by atoms with van der Waals surface area (Å²) in [7, 11) is 0. The predicted molar refractivity (Wildman–Crippen MR) is 46.9 cm³/mol. The number of ether oxygens (including phenoxy) is 1. The molecule has 0 aliphatic heterocycles. The number of rotatable bonds is 2. The van der Waals surface area contributed by atoms with Gasteiger partial charge in [-0.15, -0.1) is 0 Å². The van der Waals surface area contributed by atoms with E-state index >= 15 is 0 Å². The second-order valence-corrected chi connectivity index (χ2v) is 3.94. The topological polar surface area (TPSA) is 26.3 Å². The molecular formula is C8H14O2S. The lowest BCUT2D eigenvalue weighted by molar-refractivity contribution is 0.181. The lowest BCUT2D eigenvalue weighted by Gasteiger charge is -2.05. The van der Waals surface area contributed by atoms with Crippen LogP contribution in [-0.2, 0) is 4.74 Å². The van der Waals surface area contributed by atoms with Gasteiger partial charge in [-0.25, -0.2) is 4.79 Å². The summed E-state index contributed by atoms with van der Waals surface area (Å²) in [5.74, 6) is 0. The number of carbonyl (C=O) groups excluding carboxylic acids is 1. The smallest absolute Gasteiger partial charge is 0.367 e. The maximum absolute atomic E-state index is 10.9. The minimum Gasteiger partial charge on any atom is -0.458 e. The molecule has 1 aliphatic rings. The fraction of sp³-hybridized carbons (Fsp3) is 0.875. The van der Waals surface area contributed by atoms with E-state index in [2.05, 4.69) is 0 Å². The van der Waals surface area contributed by atoms with E-state index in [9.17, 15) is 4.79 Å². The normalized spacial score (nSPS) is 18.6. The zero-order valence-electron chi connectivity index (χ0n) is 6.84. The summed E-state index contributed by atoms with van der Waals surface area (Å²) in [5.41, 5.74) is 0. The molecule has 1 fully saturated rings. The number of thioether (sulfide) groups is 1. The van der Waals surface area contributed by atoms with Crippen LogP contribution in [-0.4, -0.2) is 17.2 Å². The quantitative estimate of drug-likeness (QED) is 0.602. The van der Waals surface area contributed by atoms with Crippen LogP contribution >= 0.6 is 11.8 Å². The van der Waals surface area contributed by atoms with Crippen LogP contribution in [0.25, 0.3) is 0 Å². The average molecular weight is 174 g/mol. The van der Waals surface area contributed by atoms with Crippen molar-refractivity contribution in [1.29, 1.82) is 0 Å². The Morgan fingerprint density at radius 1 is 1.55 bits per heavy atom. The fourth-order valence-corrected chi connectivity index (χ4v) is 2.32. The first-order chi connectivity index (χ1) is 5.33. The average Bonchev–Trinajstić information content (AvgIpc) is 2.40. The SMILES string of the molecule is CCOC(=O)SC1CCCC1. The Bertz CT molecular complexity index is 130. The molecule has 0 aromatic heterocycles. The summed E-state index contributed by atoms with van der Waals surface area (Å²) in [6, 6.07) is 0.